The summed E-state index contributed by atoms with van der Waals surface area (Å²) in [5.74, 6) is -0.661. The molecule has 21 heavy (non-hydrogen) atoms. The molecule has 1 heterocycles. The van der Waals surface area contributed by atoms with Crippen molar-refractivity contribution < 1.29 is 19.2 Å². The first-order valence-electron chi connectivity index (χ1n) is 6.66. The third-order valence-corrected chi connectivity index (χ3v) is 3.58. The van der Waals surface area contributed by atoms with Gasteiger partial charge in [0.1, 0.15) is 6.04 Å². The largest absolute Gasteiger partial charge is 0.467 e. The van der Waals surface area contributed by atoms with Gasteiger partial charge in [0.2, 0.25) is 5.91 Å². The molecule has 1 aliphatic heterocycles. The molecule has 0 bridgehead atoms. The van der Waals surface area contributed by atoms with Gasteiger partial charge >= 0.3 is 5.97 Å². The number of amides is 1. The number of carbonyl (C=O) groups excluding carboxylic acids is 2. The third-order valence-electron chi connectivity index (χ3n) is 3.58. The number of nitrogens with zero attached hydrogens (tertiary/aromatic N) is 2. The summed E-state index contributed by atoms with van der Waals surface area (Å²) >= 11 is 0. The molecular formula is C14H16N2O5. The summed E-state index contributed by atoms with van der Waals surface area (Å²) in [4.78, 5) is 35.8. The van der Waals surface area contributed by atoms with Crippen molar-refractivity contribution in [3.8, 4) is 0 Å². The molecule has 2 rings (SSSR count). The molecule has 112 valence electrons. The Balaban J connectivity index is 2.47. The number of non-ortho nitro benzene ring substituents is 1. The second-order valence-electron chi connectivity index (χ2n) is 4.78. The Morgan fingerprint density at radius 3 is 2.76 bits per heavy atom. The Hall–Kier alpha value is -2.44. The first-order chi connectivity index (χ1) is 9.99. The van der Waals surface area contributed by atoms with Gasteiger partial charge in [-0.1, -0.05) is 6.92 Å². The van der Waals surface area contributed by atoms with Crippen LogP contribution in [-0.4, -0.2) is 30.0 Å². The molecule has 0 radical (unpaired) electrons. The molecule has 1 aromatic carbocycles. The minimum absolute atomic E-state index is 0.0193. The Morgan fingerprint density at radius 1 is 1.48 bits per heavy atom. The topological polar surface area (TPSA) is 89.8 Å². The van der Waals surface area contributed by atoms with E-state index in [1.165, 1.54) is 30.2 Å². The van der Waals surface area contributed by atoms with E-state index in [1.807, 2.05) is 0 Å². The number of nitro benzene ring substituents is 1. The average Bonchev–Trinajstić information content (AvgIpc) is 2.49. The van der Waals surface area contributed by atoms with E-state index in [4.69, 9.17) is 4.74 Å². The van der Waals surface area contributed by atoms with Gasteiger partial charge in [0.15, 0.2) is 0 Å². The zero-order chi connectivity index (χ0) is 15.6. The van der Waals surface area contributed by atoms with Gasteiger partial charge in [0, 0.05) is 24.2 Å². The van der Waals surface area contributed by atoms with Gasteiger partial charge in [0.25, 0.3) is 5.69 Å². The van der Waals surface area contributed by atoms with E-state index in [2.05, 4.69) is 0 Å². The molecule has 0 spiro atoms. The van der Waals surface area contributed by atoms with Crippen LogP contribution in [0.2, 0.25) is 0 Å². The van der Waals surface area contributed by atoms with Crippen molar-refractivity contribution >= 4 is 23.3 Å². The molecule has 1 amide bonds. The van der Waals surface area contributed by atoms with E-state index in [-0.39, 0.29) is 18.0 Å². The van der Waals surface area contributed by atoms with E-state index in [0.29, 0.717) is 24.1 Å². The summed E-state index contributed by atoms with van der Waals surface area (Å²) in [6, 6.07) is 3.62. The highest BCUT2D eigenvalue weighted by atomic mass is 16.6. The number of ether oxygens (including phenoxy) is 1. The summed E-state index contributed by atoms with van der Waals surface area (Å²) in [7, 11) is 1.27. The van der Waals surface area contributed by atoms with Crippen LogP contribution in [0.4, 0.5) is 11.4 Å². The second-order valence-corrected chi connectivity index (χ2v) is 4.78. The maximum absolute atomic E-state index is 12.2. The molecule has 0 aromatic heterocycles. The normalized spacial score (nSPS) is 15.3. The van der Waals surface area contributed by atoms with Gasteiger partial charge in [-0.2, -0.15) is 0 Å². The first kappa shape index (κ1) is 15.0. The molecule has 7 nitrogen and oxygen atoms in total. The Bertz CT molecular complexity index is 599. The maximum atomic E-state index is 12.2. The van der Waals surface area contributed by atoms with E-state index >= 15 is 0 Å². The summed E-state index contributed by atoms with van der Waals surface area (Å²) in [5, 5.41) is 10.8. The second kappa shape index (κ2) is 5.90. The SMILES string of the molecule is CCC(C(=O)OC)N1C(=O)CCc2cc([N+](=O)[O-])ccc21. The number of esters is 1. The molecule has 7 heteroatoms. The lowest BCUT2D eigenvalue weighted by Gasteiger charge is -2.34. The number of carbonyl (C=O) groups is 2. The number of hydrogen-bond acceptors (Lipinski definition) is 5. The highest BCUT2D eigenvalue weighted by Gasteiger charge is 2.34. The Kier molecular flexibility index (Phi) is 4.21. The first-order valence-corrected chi connectivity index (χ1v) is 6.66. The fourth-order valence-electron chi connectivity index (χ4n) is 2.55. The quantitative estimate of drug-likeness (QED) is 0.479. The monoisotopic (exact) mass is 292 g/mol. The van der Waals surface area contributed by atoms with Crippen LogP contribution in [0.5, 0.6) is 0 Å². The summed E-state index contributed by atoms with van der Waals surface area (Å²) in [6.07, 6.45) is 1.07. The Morgan fingerprint density at radius 2 is 2.19 bits per heavy atom. The lowest BCUT2D eigenvalue weighted by molar-refractivity contribution is -0.384. The maximum Gasteiger partial charge on any atom is 0.328 e. The molecular weight excluding hydrogens is 276 g/mol. The molecule has 0 saturated carbocycles. The van der Waals surface area contributed by atoms with Crippen molar-refractivity contribution in [3.05, 3.63) is 33.9 Å². The number of benzene rings is 1. The molecule has 1 aromatic rings. The zero-order valence-corrected chi connectivity index (χ0v) is 11.9. The van der Waals surface area contributed by atoms with Crippen molar-refractivity contribution in [2.45, 2.75) is 32.2 Å². The standard InChI is InChI=1S/C14H16N2O5/c1-3-11(14(18)21-2)15-12-6-5-10(16(19)20)8-9(12)4-7-13(15)17/h5-6,8,11H,3-4,7H2,1-2H3. The van der Waals surface area contributed by atoms with Crippen molar-refractivity contribution in [3.63, 3.8) is 0 Å². The molecule has 1 atom stereocenters. The molecule has 1 aliphatic rings. The summed E-state index contributed by atoms with van der Waals surface area (Å²) < 4.78 is 4.74. The van der Waals surface area contributed by atoms with Gasteiger partial charge in [-0.25, -0.2) is 4.79 Å². The highest BCUT2D eigenvalue weighted by Crippen LogP contribution is 2.33. The molecule has 0 fully saturated rings. The van der Waals surface area contributed by atoms with Crippen LogP contribution in [0.15, 0.2) is 18.2 Å². The van der Waals surface area contributed by atoms with Crippen LogP contribution < -0.4 is 4.90 Å². The van der Waals surface area contributed by atoms with Gasteiger partial charge < -0.3 is 4.74 Å². The van der Waals surface area contributed by atoms with Crippen molar-refractivity contribution in [1.82, 2.24) is 0 Å². The fraction of sp³-hybridized carbons (Fsp3) is 0.429. The zero-order valence-electron chi connectivity index (χ0n) is 11.9. The van der Waals surface area contributed by atoms with Crippen LogP contribution in [0.3, 0.4) is 0 Å². The van der Waals surface area contributed by atoms with Crippen LogP contribution in [0.1, 0.15) is 25.3 Å². The summed E-state index contributed by atoms with van der Waals surface area (Å²) in [6.45, 7) is 1.79. The van der Waals surface area contributed by atoms with Crippen LogP contribution in [0.25, 0.3) is 0 Å². The van der Waals surface area contributed by atoms with E-state index in [0.717, 1.165) is 0 Å². The third kappa shape index (κ3) is 2.72. The predicted octanol–water partition coefficient (Wildman–Crippen LogP) is 1.83. The number of hydrogen-bond donors (Lipinski definition) is 0. The van der Waals surface area contributed by atoms with Crippen LogP contribution in [-0.2, 0) is 20.7 Å². The number of rotatable bonds is 4. The van der Waals surface area contributed by atoms with Crippen LogP contribution in [0, 0.1) is 10.1 Å². The summed E-state index contributed by atoms with van der Waals surface area (Å²) in [5.41, 5.74) is 1.23. The van der Waals surface area contributed by atoms with Gasteiger partial charge in [-0.05, 0) is 24.5 Å². The van der Waals surface area contributed by atoms with Crippen molar-refractivity contribution in [2.24, 2.45) is 0 Å². The van der Waals surface area contributed by atoms with E-state index in [1.54, 1.807) is 6.92 Å². The highest BCUT2D eigenvalue weighted by molar-refractivity contribution is 6.01. The van der Waals surface area contributed by atoms with Crippen LogP contribution >= 0.6 is 0 Å². The lowest BCUT2D eigenvalue weighted by Crippen LogP contribution is -2.47. The predicted molar refractivity (Wildman–Crippen MR) is 75.0 cm³/mol. The van der Waals surface area contributed by atoms with Gasteiger partial charge in [-0.15, -0.1) is 0 Å². The molecule has 0 aliphatic carbocycles. The van der Waals surface area contributed by atoms with E-state index < -0.39 is 16.9 Å². The number of anilines is 1. The number of fused-ring (bicyclic) bond motifs is 1. The fourth-order valence-corrected chi connectivity index (χ4v) is 2.55. The molecule has 1 unspecified atom stereocenters. The van der Waals surface area contributed by atoms with Gasteiger partial charge in [0.05, 0.1) is 12.0 Å². The molecule has 0 N–H and O–H groups in total. The lowest BCUT2D eigenvalue weighted by atomic mass is 9.98. The van der Waals surface area contributed by atoms with Crippen molar-refractivity contribution in [1.29, 1.82) is 0 Å². The number of methoxy groups -OCH3 is 1. The smallest absolute Gasteiger partial charge is 0.328 e. The molecule has 0 saturated heterocycles. The minimum Gasteiger partial charge on any atom is -0.467 e. The number of nitro groups is 1. The van der Waals surface area contributed by atoms with E-state index in [9.17, 15) is 19.7 Å². The Labute approximate surface area is 121 Å². The average molecular weight is 292 g/mol. The minimum atomic E-state index is -0.706. The van der Waals surface area contributed by atoms with Gasteiger partial charge in [-0.3, -0.25) is 19.8 Å². The number of aryl methyl sites for hydroxylation is 1. The van der Waals surface area contributed by atoms with Crippen molar-refractivity contribution in [2.75, 3.05) is 12.0 Å².